The van der Waals surface area contributed by atoms with Crippen molar-refractivity contribution in [2.45, 2.75) is 57.2 Å². The van der Waals surface area contributed by atoms with Crippen molar-refractivity contribution >= 4 is 17.5 Å². The Kier molecular flexibility index (Phi) is 10.8. The van der Waals surface area contributed by atoms with Gasteiger partial charge in [-0.25, -0.2) is 4.79 Å². The lowest BCUT2D eigenvalue weighted by Gasteiger charge is -2.32. The summed E-state index contributed by atoms with van der Waals surface area (Å²) in [5, 5.41) is 2.94. The van der Waals surface area contributed by atoms with Gasteiger partial charge in [-0.2, -0.15) is 0 Å². The van der Waals surface area contributed by atoms with Crippen LogP contribution in [0.2, 0.25) is 0 Å². The van der Waals surface area contributed by atoms with Crippen LogP contribution in [0.15, 0.2) is 85.1 Å². The molecule has 3 rings (SSSR count). The summed E-state index contributed by atoms with van der Waals surface area (Å²) >= 11 is -1.38. The second-order valence-corrected chi connectivity index (χ2v) is 11.4. The third-order valence-corrected chi connectivity index (χ3v) is 7.01. The molecule has 3 aromatic rings. The van der Waals surface area contributed by atoms with Gasteiger partial charge in [0.05, 0.1) is 25.3 Å². The van der Waals surface area contributed by atoms with Gasteiger partial charge >= 0.3 is 6.09 Å². The number of benzene rings is 2. The Bertz CT molecular complexity index is 1030. The molecular weight excluding hydrogens is 474 g/mol. The van der Waals surface area contributed by atoms with Crippen molar-refractivity contribution in [3.05, 3.63) is 102 Å². The van der Waals surface area contributed by atoms with Crippen molar-refractivity contribution in [1.82, 2.24) is 15.0 Å². The topological polar surface area (TPSA) is 95.5 Å². The van der Waals surface area contributed by atoms with Crippen molar-refractivity contribution < 1.29 is 18.8 Å². The summed E-state index contributed by atoms with van der Waals surface area (Å²) < 4.78 is 27.2. The molecule has 2 N–H and O–H groups in total. The molecule has 7 nitrogen and oxygen atoms in total. The minimum Gasteiger partial charge on any atom is -0.598 e. The van der Waals surface area contributed by atoms with E-state index < -0.39 is 34.3 Å². The smallest absolute Gasteiger partial charge is 0.407 e. The number of amides is 1. The van der Waals surface area contributed by atoms with Crippen molar-refractivity contribution in [2.75, 3.05) is 6.61 Å². The van der Waals surface area contributed by atoms with Crippen LogP contribution < -0.4 is 10.0 Å². The summed E-state index contributed by atoms with van der Waals surface area (Å²) in [4.78, 5) is 17.2. The van der Waals surface area contributed by atoms with Crippen LogP contribution in [0.1, 0.15) is 37.6 Å². The number of ether oxygens (including phenoxy) is 2. The predicted molar refractivity (Wildman–Crippen MR) is 142 cm³/mol. The number of rotatable bonds is 12. The van der Waals surface area contributed by atoms with E-state index >= 15 is 0 Å². The predicted octanol–water partition coefficient (Wildman–Crippen LogP) is 4.56. The lowest BCUT2D eigenvalue weighted by molar-refractivity contribution is 0.0806. The summed E-state index contributed by atoms with van der Waals surface area (Å²) in [6.45, 7) is 6.43. The van der Waals surface area contributed by atoms with E-state index in [2.05, 4.69) is 15.0 Å². The number of pyridine rings is 1. The normalized spacial score (nSPS) is 14.0. The Morgan fingerprint density at radius 1 is 0.917 bits per heavy atom. The average molecular weight is 510 g/mol. The van der Waals surface area contributed by atoms with E-state index in [1.165, 1.54) is 0 Å². The molecule has 1 amide bonds. The van der Waals surface area contributed by atoms with Crippen LogP contribution in [0.3, 0.4) is 0 Å². The van der Waals surface area contributed by atoms with Crippen LogP contribution in [0, 0.1) is 0 Å². The molecule has 3 atom stereocenters. The lowest BCUT2D eigenvalue weighted by atomic mass is 10.0. The van der Waals surface area contributed by atoms with Gasteiger partial charge in [-0.1, -0.05) is 66.7 Å². The molecule has 0 saturated heterocycles. The number of alkyl carbamates (subject to hydrolysis) is 1. The fourth-order valence-electron chi connectivity index (χ4n) is 3.38. The van der Waals surface area contributed by atoms with Gasteiger partial charge in [-0.15, -0.1) is 4.72 Å². The molecule has 8 heteroatoms. The molecule has 2 aromatic carbocycles. The summed E-state index contributed by atoms with van der Waals surface area (Å²) in [5.41, 5.74) is 2.73. The number of hydrogen-bond acceptors (Lipinski definition) is 6. The first-order valence-corrected chi connectivity index (χ1v) is 13.1. The fraction of sp³-hybridized carbons (Fsp3) is 0.357. The van der Waals surface area contributed by atoms with E-state index in [1.54, 1.807) is 6.20 Å². The van der Waals surface area contributed by atoms with Crippen LogP contribution in [0.5, 0.6) is 0 Å². The Hall–Kier alpha value is -2.91. The van der Waals surface area contributed by atoms with Crippen LogP contribution in [0.25, 0.3) is 0 Å². The molecule has 0 saturated carbocycles. The molecule has 0 radical (unpaired) electrons. The van der Waals surface area contributed by atoms with Gasteiger partial charge < -0.3 is 19.3 Å². The highest BCUT2D eigenvalue weighted by Gasteiger charge is 2.34. The van der Waals surface area contributed by atoms with E-state index in [4.69, 9.17) is 9.47 Å². The largest absolute Gasteiger partial charge is 0.598 e. The third kappa shape index (κ3) is 9.62. The maximum absolute atomic E-state index is 13.1. The zero-order valence-corrected chi connectivity index (χ0v) is 21.9. The van der Waals surface area contributed by atoms with E-state index in [0.717, 1.165) is 16.8 Å². The molecule has 1 heterocycles. The molecule has 0 aliphatic rings. The van der Waals surface area contributed by atoms with Crippen LogP contribution in [-0.2, 0) is 40.5 Å². The lowest BCUT2D eigenvalue weighted by Crippen LogP contribution is -2.57. The van der Waals surface area contributed by atoms with Crippen LogP contribution in [-0.4, -0.2) is 39.1 Å². The maximum atomic E-state index is 13.1. The van der Waals surface area contributed by atoms with Gasteiger partial charge in [0.25, 0.3) is 0 Å². The minimum atomic E-state index is -1.38. The van der Waals surface area contributed by atoms with Crippen LogP contribution >= 0.6 is 0 Å². The first kappa shape index (κ1) is 27.7. The zero-order valence-electron chi connectivity index (χ0n) is 21.1. The first-order chi connectivity index (χ1) is 17.3. The van der Waals surface area contributed by atoms with E-state index in [1.807, 2.05) is 99.6 Å². The first-order valence-electron chi connectivity index (χ1n) is 12.0. The number of nitrogens with zero attached hydrogens (tertiary/aromatic N) is 1. The molecule has 2 unspecified atom stereocenters. The van der Waals surface area contributed by atoms with Crippen molar-refractivity contribution in [2.24, 2.45) is 0 Å². The second kappa shape index (κ2) is 14.0. The Morgan fingerprint density at radius 2 is 1.53 bits per heavy atom. The highest BCUT2D eigenvalue weighted by molar-refractivity contribution is 7.90. The van der Waals surface area contributed by atoms with Crippen molar-refractivity contribution in [3.63, 3.8) is 0 Å². The Balaban J connectivity index is 1.74. The summed E-state index contributed by atoms with van der Waals surface area (Å²) in [6, 6.07) is 24.0. The highest BCUT2D eigenvalue weighted by atomic mass is 32.2. The van der Waals surface area contributed by atoms with E-state index in [-0.39, 0.29) is 13.2 Å². The average Bonchev–Trinajstić information content (AvgIpc) is 2.88. The van der Waals surface area contributed by atoms with Crippen molar-refractivity contribution in [1.29, 1.82) is 0 Å². The number of aromatic nitrogens is 1. The van der Waals surface area contributed by atoms with Gasteiger partial charge in [0.1, 0.15) is 11.4 Å². The minimum absolute atomic E-state index is 0.149. The highest BCUT2D eigenvalue weighted by Crippen LogP contribution is 2.17. The van der Waals surface area contributed by atoms with E-state index in [0.29, 0.717) is 13.0 Å². The number of carbonyl (C=O) groups is 1. The molecule has 192 valence electrons. The number of hydrogen-bond donors (Lipinski definition) is 2. The maximum Gasteiger partial charge on any atom is 0.407 e. The Morgan fingerprint density at radius 3 is 2.11 bits per heavy atom. The second-order valence-electron chi connectivity index (χ2n) is 9.44. The number of nitrogens with one attached hydrogen (secondary N) is 2. The molecule has 0 aliphatic heterocycles. The summed E-state index contributed by atoms with van der Waals surface area (Å²) in [6.07, 6.45) is 1.60. The third-order valence-electron chi connectivity index (χ3n) is 5.38. The molecular formula is C28H35N3O4S. The van der Waals surface area contributed by atoms with Gasteiger partial charge in [0, 0.05) is 29.7 Å². The fourth-order valence-corrected chi connectivity index (χ4v) is 4.25. The Labute approximate surface area is 216 Å². The van der Waals surface area contributed by atoms with Crippen LogP contribution in [0.4, 0.5) is 4.79 Å². The summed E-state index contributed by atoms with van der Waals surface area (Å²) in [7, 11) is 0. The van der Waals surface area contributed by atoms with E-state index in [9.17, 15) is 9.35 Å². The standard InChI is InChI=1S/C28H35N3O4S/c1-28(2,3)36(33)31-25(18-24-16-10-11-17-29-24)26(21-34-19-22-12-6-4-7-13-22)30-27(32)35-20-23-14-8-5-9-15-23/h4-17,25-26,31H,18-21H2,1-3H3,(H,30,32)/t25?,26?,36-/m1/s1. The quantitative estimate of drug-likeness (QED) is 0.348. The summed E-state index contributed by atoms with van der Waals surface area (Å²) in [5.74, 6) is 0. The molecule has 0 spiro atoms. The van der Waals surface area contributed by atoms with Gasteiger partial charge in [-0.3, -0.25) is 4.98 Å². The number of carbonyl (C=O) groups excluding carboxylic acids is 1. The molecule has 1 aromatic heterocycles. The molecule has 0 aliphatic carbocycles. The van der Waals surface area contributed by atoms with Gasteiger partial charge in [-0.05, 0) is 44.0 Å². The van der Waals surface area contributed by atoms with Crippen molar-refractivity contribution in [3.8, 4) is 0 Å². The zero-order chi connectivity index (χ0) is 25.8. The van der Waals surface area contributed by atoms with Gasteiger partial charge in [0.2, 0.25) is 0 Å². The SMILES string of the molecule is CC(C)(C)[S@@+]([O-])NC(Cc1ccccn1)C(COCc1ccccc1)NC(=O)OCc1ccccc1. The molecule has 0 fully saturated rings. The molecule has 0 bridgehead atoms. The van der Waals surface area contributed by atoms with Gasteiger partial charge in [0.15, 0.2) is 0 Å². The molecule has 36 heavy (non-hydrogen) atoms. The monoisotopic (exact) mass is 509 g/mol.